The third kappa shape index (κ3) is 42.5. The summed E-state index contributed by atoms with van der Waals surface area (Å²) in [7, 11) is 0. The maximum absolute atomic E-state index is 11.3. The molecule has 9 aromatic heterocycles. The van der Waals surface area contributed by atoms with E-state index in [4.69, 9.17) is 14.2 Å². The molecule has 3 saturated carbocycles. The van der Waals surface area contributed by atoms with Crippen LogP contribution in [0.4, 0.5) is 0 Å². The van der Waals surface area contributed by atoms with Gasteiger partial charge >= 0.3 is 0 Å². The van der Waals surface area contributed by atoms with Crippen LogP contribution in [0.25, 0.3) is 0 Å². The molecule has 9 fully saturated rings. The Morgan fingerprint density at radius 1 is 0.207 bits per heavy atom. The van der Waals surface area contributed by atoms with E-state index in [1.165, 1.54) is 161 Å². The molecule has 0 unspecified atom stereocenters. The summed E-state index contributed by atoms with van der Waals surface area (Å²) in [6.07, 6.45) is 47.5. The average Bonchev–Trinajstić information content (AvgIpc) is 0.865. The van der Waals surface area contributed by atoms with Gasteiger partial charge in [0.15, 0.2) is 0 Å². The van der Waals surface area contributed by atoms with E-state index in [0.717, 1.165) is 209 Å². The van der Waals surface area contributed by atoms with Crippen molar-refractivity contribution in [3.8, 4) is 0 Å². The van der Waals surface area contributed by atoms with Crippen molar-refractivity contribution < 1.29 is 28.6 Å². The molecule has 0 atom stereocenters. The van der Waals surface area contributed by atoms with E-state index in [2.05, 4.69) is 341 Å². The summed E-state index contributed by atoms with van der Waals surface area (Å²) in [4.78, 5) is 80.0. The Kier molecular flexibility index (Phi) is 45.8. The molecule has 822 valence electrons. The van der Waals surface area contributed by atoms with Gasteiger partial charge in [0.25, 0.3) is 0 Å². The topological polar surface area (TPSA) is 205 Å². The Hall–Kier alpha value is -9.36. The number of carbonyl (C=O) groups is 3. The molecule has 6 saturated heterocycles. The van der Waals surface area contributed by atoms with Crippen molar-refractivity contribution in [1.29, 1.82) is 0 Å². The fraction of sp³-hybridized carbons (Fsp3) is 0.636. The van der Waals surface area contributed by atoms with Gasteiger partial charge in [-0.2, -0.15) is 0 Å². The highest BCUT2D eigenvalue weighted by Gasteiger charge is 2.32. The van der Waals surface area contributed by atoms with Crippen LogP contribution in [0.2, 0.25) is 0 Å². The van der Waals surface area contributed by atoms with Gasteiger partial charge in [-0.15, -0.1) is 0 Å². The molecule has 18 heteroatoms. The zero-order chi connectivity index (χ0) is 110. The minimum atomic E-state index is 0.105. The normalized spacial score (nSPS) is 17.4. The Morgan fingerprint density at radius 2 is 0.327 bits per heavy atom. The van der Waals surface area contributed by atoms with Crippen LogP contribution in [-0.2, 0) is 135 Å². The quantitative estimate of drug-likeness (QED) is 0.0783. The second-order valence-corrected chi connectivity index (χ2v) is 54.5. The lowest BCUT2D eigenvalue weighted by atomic mass is 9.80. The number of carbonyl (C=O) groups excluding carboxylic acids is 3. The van der Waals surface area contributed by atoms with Gasteiger partial charge in [0.2, 0.25) is 17.7 Å². The van der Waals surface area contributed by atoms with Gasteiger partial charge in [-0.25, -0.2) is 0 Å². The van der Waals surface area contributed by atoms with Crippen LogP contribution < -0.4 is 0 Å². The lowest BCUT2D eigenvalue weighted by molar-refractivity contribution is -0.131. The minimum absolute atomic E-state index is 0.105. The van der Waals surface area contributed by atoms with Crippen LogP contribution in [0, 0.1) is 53.3 Å². The van der Waals surface area contributed by atoms with Gasteiger partial charge in [0, 0.05) is 234 Å². The van der Waals surface area contributed by atoms with Gasteiger partial charge in [-0.3, -0.25) is 59.2 Å². The van der Waals surface area contributed by atoms with E-state index in [-0.39, 0.29) is 66.5 Å². The van der Waals surface area contributed by atoms with E-state index in [0.29, 0.717) is 17.8 Å². The fourth-order valence-corrected chi connectivity index (χ4v) is 19.8. The first kappa shape index (κ1) is 122. The minimum Gasteiger partial charge on any atom is -0.381 e. The molecular formula is C132H198N12O6. The highest BCUT2D eigenvalue weighted by atomic mass is 16.5. The summed E-state index contributed by atoms with van der Waals surface area (Å²) < 4.78 is 15.6. The summed E-state index contributed by atoms with van der Waals surface area (Å²) in [5.74, 6) is 7.72. The van der Waals surface area contributed by atoms with Crippen molar-refractivity contribution in [3.05, 3.63) is 266 Å². The number of likely N-dealkylation sites (tertiary alicyclic amines) is 3. The van der Waals surface area contributed by atoms with Gasteiger partial charge in [-0.1, -0.05) is 245 Å². The number of nitrogens with zero attached hydrogens (tertiary/aromatic N) is 12. The van der Waals surface area contributed by atoms with Crippen molar-refractivity contribution in [2.75, 3.05) is 78.9 Å². The van der Waals surface area contributed by atoms with Crippen LogP contribution in [0.15, 0.2) is 165 Å². The average molecular weight is 2050 g/mol. The van der Waals surface area contributed by atoms with Crippen LogP contribution in [0.1, 0.15) is 405 Å². The standard InChI is InChI=1S/3C17H26N2O.3C14H21N.3C13H19NO/c3*1-13(20)19-9-6-14(7-10-19)11-15-5-8-18-16(12-15)17(2,3)4;3*1-14(2,3)13-10-12(7-8-15-13)9-11-5-4-6-11;3*1-13(2,3)12-7-10(4-5-14-12)6-11-8-15-9-11/h3*5,8,12,14H,6-7,9-11H2,1-4H3;3*7-8,10-11H,4-6,9H2,1-3H3;3*4-5,7,11H,6,8-9H2,1-3H3. The fourth-order valence-electron chi connectivity index (χ4n) is 19.8. The van der Waals surface area contributed by atoms with Crippen molar-refractivity contribution in [2.45, 2.75) is 411 Å². The summed E-state index contributed by atoms with van der Waals surface area (Å²) in [5, 5.41) is 0. The first-order chi connectivity index (χ1) is 70.4. The predicted molar refractivity (Wildman–Crippen MR) is 620 cm³/mol. The number of pyridine rings is 9. The molecular weight excluding hydrogens is 1850 g/mol. The van der Waals surface area contributed by atoms with Crippen LogP contribution in [0.3, 0.4) is 0 Å². The molecule has 0 aromatic carbocycles. The molecule has 3 amide bonds. The number of ether oxygens (including phenoxy) is 3. The third-order valence-electron chi connectivity index (χ3n) is 31.0. The Bertz CT molecular complexity index is 4830. The summed E-state index contributed by atoms with van der Waals surface area (Å²) in [6.45, 7) is 75.6. The molecule has 18 nitrogen and oxygen atoms in total. The Balaban J connectivity index is 0.000000173. The summed E-state index contributed by atoms with van der Waals surface area (Å²) in [6, 6.07) is 39.6. The van der Waals surface area contributed by atoms with Crippen LogP contribution >= 0.6 is 0 Å². The summed E-state index contributed by atoms with van der Waals surface area (Å²) in [5.41, 5.74) is 24.7. The number of amides is 3. The van der Waals surface area contributed by atoms with Crippen LogP contribution in [0.5, 0.6) is 0 Å². The number of rotatable bonds is 18. The van der Waals surface area contributed by atoms with Crippen LogP contribution in [-0.4, -0.2) is 156 Å². The van der Waals surface area contributed by atoms with E-state index < -0.39 is 0 Å². The zero-order valence-corrected chi connectivity index (χ0v) is 99.1. The van der Waals surface area contributed by atoms with Gasteiger partial charge < -0.3 is 28.9 Å². The highest BCUT2D eigenvalue weighted by molar-refractivity contribution is 5.74. The van der Waals surface area contributed by atoms with Crippen molar-refractivity contribution >= 4 is 17.7 Å². The van der Waals surface area contributed by atoms with Crippen molar-refractivity contribution in [3.63, 3.8) is 0 Å². The number of piperidine rings is 3. The third-order valence-corrected chi connectivity index (χ3v) is 31.0. The summed E-state index contributed by atoms with van der Waals surface area (Å²) >= 11 is 0. The van der Waals surface area contributed by atoms with E-state index in [1.807, 2.05) is 70.5 Å². The first-order valence-electron chi connectivity index (χ1n) is 57.5. The molecule has 6 aliphatic heterocycles. The van der Waals surface area contributed by atoms with E-state index in [9.17, 15) is 14.4 Å². The van der Waals surface area contributed by atoms with Crippen molar-refractivity contribution in [1.82, 2.24) is 59.6 Å². The molecule has 18 rings (SSSR count). The molecule has 3 aliphatic carbocycles. The maximum atomic E-state index is 11.3. The van der Waals surface area contributed by atoms with Gasteiger partial charge in [0.05, 0.1) is 39.6 Å². The van der Waals surface area contributed by atoms with E-state index >= 15 is 0 Å². The largest absolute Gasteiger partial charge is 0.381 e. The Morgan fingerprint density at radius 3 is 0.420 bits per heavy atom. The molecule has 9 aliphatic rings. The second kappa shape index (κ2) is 56.1. The predicted octanol–water partition coefficient (Wildman–Crippen LogP) is 28.4. The van der Waals surface area contributed by atoms with Crippen molar-refractivity contribution in [2.24, 2.45) is 53.3 Å². The monoisotopic (exact) mass is 2050 g/mol. The molecule has 9 aromatic rings. The van der Waals surface area contributed by atoms with E-state index in [1.54, 1.807) is 20.8 Å². The zero-order valence-electron chi connectivity index (χ0n) is 99.1. The number of hydrogen-bond donors (Lipinski definition) is 0. The molecule has 0 bridgehead atoms. The van der Waals surface area contributed by atoms with Gasteiger partial charge in [-0.05, 0) is 291 Å². The SMILES string of the molecule is CC(=O)N1CCC(Cc2ccnc(C(C)(C)C)c2)CC1.CC(=O)N1CCC(Cc2ccnc(C(C)(C)C)c2)CC1.CC(=O)N1CCC(Cc2ccnc(C(C)(C)C)c2)CC1.CC(C)(C)c1cc(CC2CCC2)ccn1.CC(C)(C)c1cc(CC2CCC2)ccn1.CC(C)(C)c1cc(CC2CCC2)ccn1.CC(C)(C)c1cc(CC2COC2)ccn1.CC(C)(C)c1cc(CC2COC2)ccn1.CC(C)(C)c1cc(CC2COC2)ccn1. The highest BCUT2D eigenvalue weighted by Crippen LogP contribution is 2.38. The maximum Gasteiger partial charge on any atom is 0.219 e. The van der Waals surface area contributed by atoms with Gasteiger partial charge in [0.1, 0.15) is 0 Å². The Labute approximate surface area is 909 Å². The molecule has 150 heavy (non-hydrogen) atoms. The lowest BCUT2D eigenvalue weighted by Crippen LogP contribution is -2.37. The second-order valence-electron chi connectivity index (χ2n) is 54.5. The molecule has 15 heterocycles. The lowest BCUT2D eigenvalue weighted by Gasteiger charge is -2.31. The molecule has 0 spiro atoms. The first-order valence-corrected chi connectivity index (χ1v) is 57.5. The number of aromatic nitrogens is 9. The number of hydrogen-bond acceptors (Lipinski definition) is 15. The molecule has 0 N–H and O–H groups in total. The molecule has 0 radical (unpaired) electrons. The smallest absolute Gasteiger partial charge is 0.219 e.